The van der Waals surface area contributed by atoms with Crippen LogP contribution in [0.3, 0.4) is 0 Å². The van der Waals surface area contributed by atoms with Crippen molar-refractivity contribution in [1.82, 2.24) is 0 Å². The Morgan fingerprint density at radius 1 is 0.355 bits per heavy atom. The van der Waals surface area contributed by atoms with Gasteiger partial charge in [-0.1, -0.05) is 48.5 Å². The van der Waals surface area contributed by atoms with E-state index >= 15 is 0 Å². The van der Waals surface area contributed by atoms with Crippen molar-refractivity contribution in [2.45, 2.75) is 24.7 Å². The van der Waals surface area contributed by atoms with Crippen LogP contribution in [-0.4, -0.2) is 28.4 Å². The van der Waals surface area contributed by atoms with E-state index in [4.69, 9.17) is 18.9 Å². The van der Waals surface area contributed by atoms with E-state index in [2.05, 4.69) is 0 Å². The van der Waals surface area contributed by atoms with Crippen LogP contribution in [0.15, 0.2) is 121 Å². The zero-order valence-electron chi connectivity index (χ0n) is 32.6. The Labute approximate surface area is 349 Å². The molecule has 0 aromatic heterocycles. The molecule has 0 fully saturated rings. The van der Waals surface area contributed by atoms with Gasteiger partial charge in [0.05, 0.1) is 50.7 Å². The van der Waals surface area contributed by atoms with Gasteiger partial charge in [0.1, 0.15) is 23.0 Å². The number of alkyl halides is 12. The van der Waals surface area contributed by atoms with Crippen molar-refractivity contribution in [3.63, 3.8) is 0 Å². The number of methoxy groups -OCH3 is 4. The van der Waals surface area contributed by atoms with Gasteiger partial charge in [-0.3, -0.25) is 0 Å². The fourth-order valence-corrected chi connectivity index (χ4v) is 12.4. The molecule has 0 atom stereocenters. The molecule has 18 heteroatoms. The Bertz CT molecular complexity index is 2450. The Kier molecular flexibility index (Phi) is 13.2. The van der Waals surface area contributed by atoms with Gasteiger partial charge in [-0.2, -0.15) is 52.7 Å². The predicted octanol–water partition coefficient (Wildman–Crippen LogP) is 11.0. The van der Waals surface area contributed by atoms with Crippen molar-refractivity contribution < 1.29 is 71.6 Å². The van der Waals surface area contributed by atoms with Gasteiger partial charge in [0.25, 0.3) is 0 Å². The van der Waals surface area contributed by atoms with Gasteiger partial charge in [-0.05, 0) is 97.7 Å². The smallest absolute Gasteiger partial charge is 0.416 e. The van der Waals surface area contributed by atoms with E-state index < -0.39 is 62.8 Å². The lowest BCUT2D eigenvalue weighted by atomic mass is 10.0. The summed E-state index contributed by atoms with van der Waals surface area (Å²) < 4.78 is 197. The zero-order valence-corrected chi connectivity index (χ0v) is 34.4. The molecule has 0 radical (unpaired) electrons. The maximum absolute atomic E-state index is 14.5. The highest BCUT2D eigenvalue weighted by molar-refractivity contribution is 7.85. The summed E-state index contributed by atoms with van der Waals surface area (Å²) in [7, 11) is -0.480. The van der Waals surface area contributed by atoms with Crippen LogP contribution in [-0.2, 0) is 24.7 Å². The fourth-order valence-electron chi connectivity index (χ4n) is 6.73. The second-order valence-electron chi connectivity index (χ2n) is 13.3. The van der Waals surface area contributed by atoms with E-state index in [-0.39, 0.29) is 66.0 Å². The first-order chi connectivity index (χ1) is 29.1. The molecular formula is C44H32F12O4P2. The molecule has 0 heterocycles. The number of halogens is 12. The molecule has 0 aliphatic rings. The minimum absolute atomic E-state index is 0.0183. The zero-order chi connectivity index (χ0) is 45.4. The Morgan fingerprint density at radius 2 is 0.710 bits per heavy atom. The van der Waals surface area contributed by atoms with Crippen LogP contribution in [0.4, 0.5) is 52.7 Å². The van der Waals surface area contributed by atoms with E-state index in [0.717, 1.165) is 79.9 Å². The summed E-state index contributed by atoms with van der Waals surface area (Å²) in [6, 6.07) is 20.9. The number of ether oxygens (including phenoxy) is 4. The molecule has 6 aromatic carbocycles. The van der Waals surface area contributed by atoms with Crippen molar-refractivity contribution in [3.05, 3.63) is 144 Å². The summed E-state index contributed by atoms with van der Waals surface area (Å²) in [5.41, 5.74) is -4.63. The molecule has 0 saturated carbocycles. The van der Waals surface area contributed by atoms with E-state index in [1.807, 2.05) is 0 Å². The standard InChI is InChI=1S/C44H32F12O4P2/c1-57-29-17-18-34(35(23-29)58-2)38-36(59-3)24-37(60-4)39(61(30-13-5-9-25(19-30)41(45,46)47)31-14-6-10-26(20-31)42(48,49)50)40(38)62(32-15-7-11-27(21-32)43(51,52)53)33-16-8-12-28(22-33)44(54,55)56/h5-24H,1-4H3. The van der Waals surface area contributed by atoms with E-state index in [0.29, 0.717) is 0 Å². The summed E-state index contributed by atoms with van der Waals surface area (Å²) in [6.07, 6.45) is -19.8. The molecule has 0 aliphatic carbocycles. The SMILES string of the molecule is COc1ccc(-c2c(OC)cc(OC)c(P(c3cccc(C(F)(F)F)c3)c3cccc(C(F)(F)F)c3)c2P(c2cccc(C(F)(F)F)c2)c2cccc(C(F)(F)F)c2)c(OC)c1. The quantitative estimate of drug-likeness (QED) is 0.0959. The lowest BCUT2D eigenvalue weighted by molar-refractivity contribution is -0.138. The largest absolute Gasteiger partial charge is 0.497 e. The molecule has 0 bridgehead atoms. The number of hydrogen-bond donors (Lipinski definition) is 0. The lowest BCUT2D eigenvalue weighted by Crippen LogP contribution is -2.38. The average molecular weight is 915 g/mol. The molecule has 62 heavy (non-hydrogen) atoms. The van der Waals surface area contributed by atoms with Gasteiger partial charge < -0.3 is 18.9 Å². The number of benzene rings is 6. The van der Waals surface area contributed by atoms with Gasteiger partial charge >= 0.3 is 24.7 Å². The normalized spacial score (nSPS) is 12.5. The molecule has 0 saturated heterocycles. The van der Waals surface area contributed by atoms with E-state index in [1.165, 1.54) is 69.9 Å². The lowest BCUT2D eigenvalue weighted by Gasteiger charge is -2.33. The third kappa shape index (κ3) is 9.61. The molecular weight excluding hydrogens is 882 g/mol. The highest BCUT2D eigenvalue weighted by Crippen LogP contribution is 2.51. The Morgan fingerprint density at radius 3 is 1.03 bits per heavy atom. The van der Waals surface area contributed by atoms with Crippen LogP contribution < -0.4 is 50.8 Å². The molecule has 6 aromatic rings. The van der Waals surface area contributed by atoms with Gasteiger partial charge in [0, 0.05) is 33.9 Å². The van der Waals surface area contributed by atoms with Crippen LogP contribution in [0.1, 0.15) is 22.3 Å². The molecule has 0 spiro atoms. The first-order valence-corrected chi connectivity index (χ1v) is 20.6. The molecule has 0 aliphatic heterocycles. The second-order valence-corrected chi connectivity index (χ2v) is 17.6. The Hall–Kier alpha value is -5.46. The van der Waals surface area contributed by atoms with Crippen molar-refractivity contribution in [3.8, 4) is 34.1 Å². The van der Waals surface area contributed by atoms with Crippen molar-refractivity contribution >= 4 is 47.7 Å². The van der Waals surface area contributed by atoms with Crippen LogP contribution in [0, 0.1) is 0 Å². The molecule has 0 unspecified atom stereocenters. The highest BCUT2D eigenvalue weighted by atomic mass is 31.1. The molecule has 326 valence electrons. The maximum atomic E-state index is 14.5. The number of hydrogen-bond acceptors (Lipinski definition) is 4. The van der Waals surface area contributed by atoms with Crippen LogP contribution >= 0.6 is 15.8 Å². The van der Waals surface area contributed by atoms with Gasteiger partial charge in [-0.25, -0.2) is 0 Å². The summed E-state index contributed by atoms with van der Waals surface area (Å²) >= 11 is 0. The summed E-state index contributed by atoms with van der Waals surface area (Å²) in [4.78, 5) is 0. The highest BCUT2D eigenvalue weighted by Gasteiger charge is 2.40. The van der Waals surface area contributed by atoms with Crippen molar-refractivity contribution in [2.75, 3.05) is 28.4 Å². The third-order valence-corrected chi connectivity index (χ3v) is 14.6. The minimum atomic E-state index is -4.97. The fraction of sp³-hybridized carbons (Fsp3) is 0.182. The third-order valence-electron chi connectivity index (χ3n) is 9.49. The Balaban J connectivity index is 1.94. The van der Waals surface area contributed by atoms with Gasteiger partial charge in [0.2, 0.25) is 0 Å². The monoisotopic (exact) mass is 914 g/mol. The predicted molar refractivity (Wildman–Crippen MR) is 216 cm³/mol. The van der Waals surface area contributed by atoms with Crippen molar-refractivity contribution in [2.24, 2.45) is 0 Å². The summed E-state index contributed by atoms with van der Waals surface area (Å²) in [5, 5.41) is -0.996. The first kappa shape index (κ1) is 46.1. The summed E-state index contributed by atoms with van der Waals surface area (Å²) in [5.74, 6) is 0.0117. The van der Waals surface area contributed by atoms with Gasteiger partial charge in [0.15, 0.2) is 0 Å². The van der Waals surface area contributed by atoms with E-state index in [9.17, 15) is 52.7 Å². The van der Waals surface area contributed by atoms with Gasteiger partial charge in [-0.15, -0.1) is 0 Å². The number of rotatable bonds is 11. The van der Waals surface area contributed by atoms with Crippen LogP contribution in [0.25, 0.3) is 11.1 Å². The summed E-state index contributed by atoms with van der Waals surface area (Å²) in [6.45, 7) is 0. The van der Waals surface area contributed by atoms with E-state index in [1.54, 1.807) is 0 Å². The van der Waals surface area contributed by atoms with Crippen LogP contribution in [0.5, 0.6) is 23.0 Å². The van der Waals surface area contributed by atoms with Crippen molar-refractivity contribution in [1.29, 1.82) is 0 Å². The second kappa shape index (κ2) is 17.7. The minimum Gasteiger partial charge on any atom is -0.497 e. The topological polar surface area (TPSA) is 36.9 Å². The molecule has 0 amide bonds. The average Bonchev–Trinajstić information content (AvgIpc) is 3.23. The molecule has 6 rings (SSSR count). The first-order valence-electron chi connectivity index (χ1n) is 17.9. The van der Waals surface area contributed by atoms with Crippen LogP contribution in [0.2, 0.25) is 0 Å². The molecule has 4 nitrogen and oxygen atoms in total. The maximum Gasteiger partial charge on any atom is 0.416 e. The molecule has 0 N–H and O–H groups in total.